The quantitative estimate of drug-likeness (QED) is 0.902. The van der Waals surface area contributed by atoms with Gasteiger partial charge < -0.3 is 4.90 Å². The normalized spacial score (nSPS) is 23.1. The van der Waals surface area contributed by atoms with Gasteiger partial charge in [0.05, 0.1) is 15.5 Å². The maximum Gasteiger partial charge on any atom is 0.255 e. The number of nitrogens with two attached hydrogens (primary N) is 1. The lowest BCUT2D eigenvalue weighted by Crippen LogP contribution is -2.29. The minimum atomic E-state index is -3.85. The molecule has 1 saturated heterocycles. The number of carbonyl (C=O) groups is 1. The van der Waals surface area contributed by atoms with Crippen LogP contribution < -0.4 is 5.14 Å². The van der Waals surface area contributed by atoms with Crippen molar-refractivity contribution in [2.24, 2.45) is 17.0 Å². The summed E-state index contributed by atoms with van der Waals surface area (Å²) in [5.74, 6) is 0.579. The average molecular weight is 317 g/mol. The number of hydrogen-bond donors (Lipinski definition) is 1. The van der Waals surface area contributed by atoms with Crippen LogP contribution in [-0.4, -0.2) is 32.3 Å². The van der Waals surface area contributed by atoms with E-state index in [1.807, 2.05) is 0 Å². The SMILES string of the molecule is CC1CN(C(=O)c2cc(S(N)(=O)=O)ccc2Cl)CC1C. The zero-order chi connectivity index (χ0) is 15.1. The van der Waals surface area contributed by atoms with E-state index in [1.165, 1.54) is 18.2 Å². The zero-order valence-electron chi connectivity index (χ0n) is 11.3. The molecule has 0 radical (unpaired) electrons. The van der Waals surface area contributed by atoms with Gasteiger partial charge in [-0.05, 0) is 30.0 Å². The van der Waals surface area contributed by atoms with E-state index in [2.05, 4.69) is 13.8 Å². The van der Waals surface area contributed by atoms with Crippen molar-refractivity contribution in [1.82, 2.24) is 4.90 Å². The Morgan fingerprint density at radius 1 is 1.30 bits per heavy atom. The van der Waals surface area contributed by atoms with Crippen LogP contribution in [-0.2, 0) is 10.0 Å². The van der Waals surface area contributed by atoms with Gasteiger partial charge in [0.2, 0.25) is 10.0 Å². The minimum absolute atomic E-state index is 0.106. The van der Waals surface area contributed by atoms with E-state index in [0.29, 0.717) is 24.9 Å². The molecule has 7 heteroatoms. The van der Waals surface area contributed by atoms with Gasteiger partial charge in [-0.1, -0.05) is 25.4 Å². The summed E-state index contributed by atoms with van der Waals surface area (Å²) in [6, 6.07) is 3.93. The van der Waals surface area contributed by atoms with Crippen LogP contribution in [0.3, 0.4) is 0 Å². The van der Waals surface area contributed by atoms with Crippen molar-refractivity contribution in [1.29, 1.82) is 0 Å². The Morgan fingerprint density at radius 2 is 1.85 bits per heavy atom. The fourth-order valence-electron chi connectivity index (χ4n) is 2.31. The number of primary sulfonamides is 1. The van der Waals surface area contributed by atoms with Crippen LogP contribution in [0.2, 0.25) is 5.02 Å². The van der Waals surface area contributed by atoms with Gasteiger partial charge in [0.1, 0.15) is 0 Å². The highest BCUT2D eigenvalue weighted by Crippen LogP contribution is 2.27. The molecule has 1 aromatic carbocycles. The third kappa shape index (κ3) is 2.97. The van der Waals surface area contributed by atoms with Crippen LogP contribution in [0.4, 0.5) is 0 Å². The molecule has 2 rings (SSSR count). The van der Waals surface area contributed by atoms with E-state index in [1.54, 1.807) is 4.90 Å². The molecule has 0 saturated carbocycles. The van der Waals surface area contributed by atoms with Crippen molar-refractivity contribution >= 4 is 27.5 Å². The summed E-state index contributed by atoms with van der Waals surface area (Å²) in [4.78, 5) is 14.0. The summed E-state index contributed by atoms with van der Waals surface area (Å²) in [7, 11) is -3.85. The number of amides is 1. The molecule has 0 bridgehead atoms. The Hall–Kier alpha value is -1.11. The summed E-state index contributed by atoms with van der Waals surface area (Å²) < 4.78 is 22.7. The lowest BCUT2D eigenvalue weighted by Gasteiger charge is -2.17. The molecule has 1 aliphatic rings. The molecule has 0 spiro atoms. The minimum Gasteiger partial charge on any atom is -0.338 e. The highest BCUT2D eigenvalue weighted by molar-refractivity contribution is 7.89. The summed E-state index contributed by atoms with van der Waals surface area (Å²) in [6.07, 6.45) is 0. The fraction of sp³-hybridized carbons (Fsp3) is 0.462. The molecule has 5 nitrogen and oxygen atoms in total. The molecule has 1 heterocycles. The number of carbonyl (C=O) groups excluding carboxylic acids is 1. The summed E-state index contributed by atoms with van der Waals surface area (Å²) in [6.45, 7) is 5.46. The first kappa shape index (κ1) is 15.3. The number of sulfonamides is 1. The first-order valence-corrected chi connectivity index (χ1v) is 8.24. The molecular formula is C13H17ClN2O3S. The molecule has 1 aliphatic heterocycles. The van der Waals surface area contributed by atoms with E-state index in [4.69, 9.17) is 16.7 Å². The molecule has 20 heavy (non-hydrogen) atoms. The van der Waals surface area contributed by atoms with Gasteiger partial charge in [-0.2, -0.15) is 0 Å². The molecule has 2 N–H and O–H groups in total. The van der Waals surface area contributed by atoms with Crippen LogP contribution in [0, 0.1) is 11.8 Å². The van der Waals surface area contributed by atoms with E-state index < -0.39 is 10.0 Å². The topological polar surface area (TPSA) is 80.5 Å². The Bertz CT molecular complexity index is 635. The molecule has 0 aliphatic carbocycles. The summed E-state index contributed by atoms with van der Waals surface area (Å²) in [5, 5.41) is 5.31. The van der Waals surface area contributed by atoms with Crippen LogP contribution in [0.1, 0.15) is 24.2 Å². The zero-order valence-corrected chi connectivity index (χ0v) is 12.9. The van der Waals surface area contributed by atoms with Gasteiger partial charge in [-0.15, -0.1) is 0 Å². The number of hydrogen-bond acceptors (Lipinski definition) is 3. The molecule has 2 atom stereocenters. The van der Waals surface area contributed by atoms with Gasteiger partial charge in [-0.3, -0.25) is 4.79 Å². The smallest absolute Gasteiger partial charge is 0.255 e. The number of likely N-dealkylation sites (tertiary alicyclic amines) is 1. The summed E-state index contributed by atoms with van der Waals surface area (Å²) >= 11 is 6.01. The Kier molecular flexibility index (Phi) is 4.09. The van der Waals surface area contributed by atoms with Gasteiger partial charge in [0.15, 0.2) is 0 Å². The van der Waals surface area contributed by atoms with E-state index in [9.17, 15) is 13.2 Å². The van der Waals surface area contributed by atoms with Crippen LogP contribution in [0.5, 0.6) is 0 Å². The highest BCUT2D eigenvalue weighted by atomic mass is 35.5. The molecule has 1 amide bonds. The lowest BCUT2D eigenvalue weighted by atomic mass is 10.0. The maximum atomic E-state index is 12.4. The molecular weight excluding hydrogens is 300 g/mol. The Balaban J connectivity index is 2.35. The Morgan fingerprint density at radius 3 is 2.35 bits per heavy atom. The van der Waals surface area contributed by atoms with E-state index in [0.717, 1.165) is 0 Å². The van der Waals surface area contributed by atoms with Gasteiger partial charge in [-0.25, -0.2) is 13.6 Å². The Labute approximate surface area is 123 Å². The third-order valence-electron chi connectivity index (χ3n) is 3.77. The first-order chi connectivity index (χ1) is 9.20. The predicted molar refractivity (Wildman–Crippen MR) is 77.1 cm³/mol. The highest BCUT2D eigenvalue weighted by Gasteiger charge is 2.31. The van der Waals surface area contributed by atoms with Crippen molar-refractivity contribution in [3.8, 4) is 0 Å². The second kappa shape index (κ2) is 5.35. The average Bonchev–Trinajstić information content (AvgIpc) is 2.68. The van der Waals surface area contributed by atoms with Crippen molar-refractivity contribution < 1.29 is 13.2 Å². The second-order valence-electron chi connectivity index (χ2n) is 5.35. The third-order valence-corrected chi connectivity index (χ3v) is 5.01. The molecule has 1 aromatic rings. The number of nitrogens with zero attached hydrogens (tertiary/aromatic N) is 1. The second-order valence-corrected chi connectivity index (χ2v) is 7.32. The summed E-state index contributed by atoms with van der Waals surface area (Å²) in [5.41, 5.74) is 0.180. The molecule has 2 unspecified atom stereocenters. The van der Waals surface area contributed by atoms with Gasteiger partial charge in [0.25, 0.3) is 5.91 Å². The number of rotatable bonds is 2. The number of halogens is 1. The van der Waals surface area contributed by atoms with Crippen molar-refractivity contribution in [3.05, 3.63) is 28.8 Å². The van der Waals surface area contributed by atoms with Crippen LogP contribution in [0.25, 0.3) is 0 Å². The van der Waals surface area contributed by atoms with Crippen molar-refractivity contribution in [2.45, 2.75) is 18.7 Å². The number of benzene rings is 1. The van der Waals surface area contributed by atoms with Crippen molar-refractivity contribution in [3.63, 3.8) is 0 Å². The standard InChI is InChI=1S/C13H17ClN2O3S/c1-8-6-16(7-9(8)2)13(17)11-5-10(20(15,18)19)3-4-12(11)14/h3-5,8-9H,6-7H2,1-2H3,(H2,15,18,19). The fourth-order valence-corrected chi connectivity index (χ4v) is 3.05. The van der Waals surface area contributed by atoms with Gasteiger partial charge in [0, 0.05) is 13.1 Å². The van der Waals surface area contributed by atoms with Crippen LogP contribution >= 0.6 is 11.6 Å². The molecule has 110 valence electrons. The van der Waals surface area contributed by atoms with Crippen LogP contribution in [0.15, 0.2) is 23.1 Å². The molecule has 0 aromatic heterocycles. The van der Waals surface area contributed by atoms with E-state index in [-0.39, 0.29) is 21.4 Å². The van der Waals surface area contributed by atoms with Crippen molar-refractivity contribution in [2.75, 3.05) is 13.1 Å². The lowest BCUT2D eigenvalue weighted by molar-refractivity contribution is 0.0785. The maximum absolute atomic E-state index is 12.4. The largest absolute Gasteiger partial charge is 0.338 e. The predicted octanol–water partition coefficient (Wildman–Crippen LogP) is 1.72. The first-order valence-electron chi connectivity index (χ1n) is 6.31. The van der Waals surface area contributed by atoms with Gasteiger partial charge >= 0.3 is 0 Å². The molecule has 1 fully saturated rings. The monoisotopic (exact) mass is 316 g/mol. The van der Waals surface area contributed by atoms with E-state index >= 15 is 0 Å².